The molecule has 0 radical (unpaired) electrons. The zero-order valence-corrected chi connectivity index (χ0v) is 17.2. The van der Waals surface area contributed by atoms with Gasteiger partial charge in [0.2, 0.25) is 5.91 Å². The molecule has 0 atom stereocenters. The number of amides is 1. The van der Waals surface area contributed by atoms with Crippen LogP contribution < -0.4 is 9.64 Å². The Morgan fingerprint density at radius 1 is 1.20 bits per heavy atom. The van der Waals surface area contributed by atoms with E-state index in [-0.39, 0.29) is 11.9 Å². The predicted molar refractivity (Wildman–Crippen MR) is 113 cm³/mol. The molecule has 30 heavy (non-hydrogen) atoms. The van der Waals surface area contributed by atoms with E-state index < -0.39 is 5.97 Å². The van der Waals surface area contributed by atoms with Gasteiger partial charge in [-0.2, -0.15) is 5.10 Å². The summed E-state index contributed by atoms with van der Waals surface area (Å²) < 4.78 is 7.52. The Morgan fingerprint density at radius 2 is 1.97 bits per heavy atom. The Labute approximate surface area is 174 Å². The molecule has 1 saturated heterocycles. The van der Waals surface area contributed by atoms with Crippen molar-refractivity contribution in [3.63, 3.8) is 0 Å². The van der Waals surface area contributed by atoms with Crippen molar-refractivity contribution in [1.29, 1.82) is 0 Å². The minimum Gasteiger partial charge on any atom is -0.423 e. The highest BCUT2D eigenvalue weighted by Gasteiger charge is 2.29. The van der Waals surface area contributed by atoms with Gasteiger partial charge in [-0.25, -0.2) is 14.5 Å². The normalized spacial score (nSPS) is 16.6. The third-order valence-corrected chi connectivity index (χ3v) is 5.72. The van der Waals surface area contributed by atoms with Gasteiger partial charge in [0, 0.05) is 36.3 Å². The fourth-order valence-corrected chi connectivity index (χ4v) is 3.95. The van der Waals surface area contributed by atoms with Gasteiger partial charge in [0.05, 0.1) is 17.1 Å². The molecule has 1 aliphatic carbocycles. The first-order chi connectivity index (χ1) is 14.5. The second kappa shape index (κ2) is 7.23. The van der Waals surface area contributed by atoms with E-state index in [2.05, 4.69) is 5.10 Å². The maximum Gasteiger partial charge on any atom is 0.344 e. The number of anilines is 1. The molecule has 2 aromatic heterocycles. The van der Waals surface area contributed by atoms with Crippen molar-refractivity contribution in [1.82, 2.24) is 14.8 Å². The number of pyridine rings is 1. The van der Waals surface area contributed by atoms with Gasteiger partial charge in [0.25, 0.3) is 0 Å². The molecule has 0 bridgehead atoms. The molecule has 0 unspecified atom stereocenters. The molecule has 3 heterocycles. The largest absolute Gasteiger partial charge is 0.423 e. The number of aromatic nitrogens is 3. The van der Waals surface area contributed by atoms with Crippen LogP contribution in [0.15, 0.2) is 36.5 Å². The summed E-state index contributed by atoms with van der Waals surface area (Å²) in [4.78, 5) is 31.5. The van der Waals surface area contributed by atoms with E-state index in [0.29, 0.717) is 29.0 Å². The van der Waals surface area contributed by atoms with Gasteiger partial charge in [-0.1, -0.05) is 0 Å². The van der Waals surface area contributed by atoms with Crippen LogP contribution in [0, 0.1) is 0 Å². The van der Waals surface area contributed by atoms with Gasteiger partial charge in [0.1, 0.15) is 5.75 Å². The molecule has 3 aromatic rings. The van der Waals surface area contributed by atoms with Crippen molar-refractivity contribution >= 4 is 28.6 Å². The summed E-state index contributed by atoms with van der Waals surface area (Å²) in [6, 6.07) is 9.11. The maximum atomic E-state index is 13.0. The maximum absolute atomic E-state index is 13.0. The summed E-state index contributed by atoms with van der Waals surface area (Å²) in [6.07, 6.45) is 5.35. The Morgan fingerprint density at radius 3 is 2.60 bits per heavy atom. The van der Waals surface area contributed by atoms with Crippen LogP contribution in [0.1, 0.15) is 67.5 Å². The molecular formula is C23H24N4O3. The Hall–Kier alpha value is -3.22. The lowest BCUT2D eigenvalue weighted by molar-refractivity contribution is -0.117. The van der Waals surface area contributed by atoms with Crippen LogP contribution in [0.3, 0.4) is 0 Å². The number of fused-ring (bicyclic) bond motifs is 1. The van der Waals surface area contributed by atoms with E-state index >= 15 is 0 Å². The smallest absolute Gasteiger partial charge is 0.344 e. The van der Waals surface area contributed by atoms with E-state index in [0.717, 1.165) is 42.8 Å². The van der Waals surface area contributed by atoms with Crippen molar-refractivity contribution < 1.29 is 14.3 Å². The van der Waals surface area contributed by atoms with Crippen molar-refractivity contribution in [3.8, 4) is 5.75 Å². The average molecular weight is 404 g/mol. The number of esters is 1. The number of benzene rings is 1. The number of carbonyl (C=O) groups excluding carboxylic acids is 2. The van der Waals surface area contributed by atoms with E-state index in [4.69, 9.17) is 9.72 Å². The molecule has 1 saturated carbocycles. The Balaban J connectivity index is 1.44. The lowest BCUT2D eigenvalue weighted by Gasteiger charge is -2.16. The van der Waals surface area contributed by atoms with E-state index in [1.807, 2.05) is 36.7 Å². The van der Waals surface area contributed by atoms with Crippen molar-refractivity contribution in [3.05, 3.63) is 47.8 Å². The Kier molecular flexibility index (Phi) is 4.53. The number of carbonyl (C=O) groups is 2. The zero-order chi connectivity index (χ0) is 20.8. The molecule has 7 heteroatoms. The van der Waals surface area contributed by atoms with Crippen molar-refractivity contribution in [2.75, 3.05) is 11.4 Å². The lowest BCUT2D eigenvalue weighted by Crippen LogP contribution is -2.23. The van der Waals surface area contributed by atoms with Gasteiger partial charge < -0.3 is 9.64 Å². The topological polar surface area (TPSA) is 77.3 Å². The second-order valence-corrected chi connectivity index (χ2v) is 8.32. The molecule has 7 nitrogen and oxygen atoms in total. The summed E-state index contributed by atoms with van der Waals surface area (Å²) in [5.74, 6) is 0.574. The van der Waals surface area contributed by atoms with E-state index in [9.17, 15) is 9.59 Å². The number of rotatable bonds is 5. The molecule has 2 aliphatic rings. The predicted octanol–water partition coefficient (Wildman–Crippen LogP) is 4.24. The number of nitrogens with zero attached hydrogens (tertiary/aromatic N) is 4. The Bertz CT molecular complexity index is 1130. The van der Waals surface area contributed by atoms with Gasteiger partial charge in [-0.3, -0.25) is 4.79 Å². The van der Waals surface area contributed by atoms with Crippen LogP contribution in [0.5, 0.6) is 5.75 Å². The molecule has 1 aromatic carbocycles. The van der Waals surface area contributed by atoms with Gasteiger partial charge in [0.15, 0.2) is 5.65 Å². The monoisotopic (exact) mass is 404 g/mol. The van der Waals surface area contributed by atoms with Crippen LogP contribution in [0.2, 0.25) is 0 Å². The second-order valence-electron chi connectivity index (χ2n) is 8.32. The van der Waals surface area contributed by atoms with Crippen molar-refractivity contribution in [2.24, 2.45) is 0 Å². The van der Waals surface area contributed by atoms with Crippen LogP contribution in [0.25, 0.3) is 11.0 Å². The van der Waals surface area contributed by atoms with Crippen LogP contribution in [0.4, 0.5) is 5.69 Å². The number of ether oxygens (including phenoxy) is 1. The summed E-state index contributed by atoms with van der Waals surface area (Å²) in [6.45, 7) is 4.82. The highest BCUT2D eigenvalue weighted by Crippen LogP contribution is 2.40. The molecular weight excluding hydrogens is 380 g/mol. The van der Waals surface area contributed by atoms with Crippen LogP contribution >= 0.6 is 0 Å². The van der Waals surface area contributed by atoms with E-state index in [1.165, 1.54) is 0 Å². The molecule has 2 fully saturated rings. The number of hydrogen-bond donors (Lipinski definition) is 0. The molecule has 0 spiro atoms. The molecule has 0 N–H and O–H groups in total. The molecule has 154 valence electrons. The van der Waals surface area contributed by atoms with Crippen LogP contribution in [-0.2, 0) is 4.79 Å². The first kappa shape index (κ1) is 18.8. The standard InChI is InChI=1S/C23H24N4O3/c1-14(2)27-22-19(13-24-27)18(12-20(25-22)15-5-6-15)23(29)30-17-9-7-16(8-10-17)26-11-3-4-21(26)28/h7-10,12-15H,3-6,11H2,1-2H3. The van der Waals surface area contributed by atoms with E-state index in [1.54, 1.807) is 23.2 Å². The zero-order valence-electron chi connectivity index (χ0n) is 17.2. The molecule has 5 rings (SSSR count). The first-order valence-corrected chi connectivity index (χ1v) is 10.5. The molecule has 1 amide bonds. The summed E-state index contributed by atoms with van der Waals surface area (Å²) in [7, 11) is 0. The lowest BCUT2D eigenvalue weighted by atomic mass is 10.1. The minimum absolute atomic E-state index is 0.133. The minimum atomic E-state index is -0.419. The van der Waals surface area contributed by atoms with Gasteiger partial charge in [-0.05, 0) is 63.4 Å². The highest BCUT2D eigenvalue weighted by molar-refractivity contribution is 6.03. The average Bonchev–Trinajstić information content (AvgIpc) is 3.35. The summed E-state index contributed by atoms with van der Waals surface area (Å²) in [5.41, 5.74) is 2.98. The van der Waals surface area contributed by atoms with Crippen molar-refractivity contribution in [2.45, 2.75) is 51.5 Å². The SMILES string of the molecule is CC(C)n1ncc2c(C(=O)Oc3ccc(N4CCCC4=O)cc3)cc(C3CC3)nc21. The quantitative estimate of drug-likeness (QED) is 0.470. The van der Waals surface area contributed by atoms with Gasteiger partial charge >= 0.3 is 5.97 Å². The summed E-state index contributed by atoms with van der Waals surface area (Å²) in [5, 5.41) is 5.14. The van der Waals surface area contributed by atoms with Crippen LogP contribution in [-0.4, -0.2) is 33.2 Å². The molecule has 1 aliphatic heterocycles. The fourth-order valence-electron chi connectivity index (χ4n) is 3.95. The van der Waals surface area contributed by atoms with Gasteiger partial charge in [-0.15, -0.1) is 0 Å². The first-order valence-electron chi connectivity index (χ1n) is 10.5. The third-order valence-electron chi connectivity index (χ3n) is 5.72. The number of hydrogen-bond acceptors (Lipinski definition) is 5. The highest BCUT2D eigenvalue weighted by atomic mass is 16.5. The fraction of sp³-hybridized carbons (Fsp3) is 0.391. The third kappa shape index (κ3) is 3.34. The summed E-state index contributed by atoms with van der Waals surface area (Å²) >= 11 is 0.